The van der Waals surface area contributed by atoms with Gasteiger partial charge < -0.3 is 9.67 Å². The predicted molar refractivity (Wildman–Crippen MR) is 67.2 cm³/mol. The van der Waals surface area contributed by atoms with Crippen molar-refractivity contribution in [2.24, 2.45) is 5.92 Å². The van der Waals surface area contributed by atoms with Crippen LogP contribution in [0.5, 0.6) is 0 Å². The zero-order valence-electron chi connectivity index (χ0n) is 10.9. The molecule has 4 heteroatoms. The van der Waals surface area contributed by atoms with Crippen LogP contribution in [0.2, 0.25) is 0 Å². The number of imidazole rings is 1. The summed E-state index contributed by atoms with van der Waals surface area (Å²) in [5, 5.41) is 9.08. The monoisotopic (exact) mass is 238 g/mol. The molecule has 1 N–H and O–H groups in total. The van der Waals surface area contributed by atoms with Crippen molar-refractivity contribution in [2.75, 3.05) is 0 Å². The number of hydrogen-bond acceptors (Lipinski definition) is 2. The van der Waals surface area contributed by atoms with Gasteiger partial charge in [-0.2, -0.15) is 0 Å². The summed E-state index contributed by atoms with van der Waals surface area (Å²) >= 11 is 0. The summed E-state index contributed by atoms with van der Waals surface area (Å²) in [4.78, 5) is 15.1. The van der Waals surface area contributed by atoms with Gasteiger partial charge in [-0.25, -0.2) is 9.78 Å². The van der Waals surface area contributed by atoms with Crippen molar-refractivity contribution in [1.29, 1.82) is 0 Å². The van der Waals surface area contributed by atoms with Crippen molar-refractivity contribution < 1.29 is 9.90 Å². The molecule has 0 spiro atoms. The van der Waals surface area contributed by atoms with E-state index in [1.165, 1.54) is 19.0 Å². The molecule has 0 bridgehead atoms. The summed E-state index contributed by atoms with van der Waals surface area (Å²) in [5.74, 6) is 0.439. The standard InChI is InChI=1S/C13H22N2O2/c1-4-6-7-11(5-2)9-15-10(3)14-8-12(15)13(16)17/h8,11H,4-7,9H2,1-3H3,(H,16,17). The Kier molecular flexibility index (Phi) is 5.19. The molecule has 1 aromatic rings. The first kappa shape index (κ1) is 13.7. The van der Waals surface area contributed by atoms with Gasteiger partial charge >= 0.3 is 5.97 Å². The molecule has 0 radical (unpaired) electrons. The van der Waals surface area contributed by atoms with Gasteiger partial charge in [-0.1, -0.05) is 33.1 Å². The highest BCUT2D eigenvalue weighted by molar-refractivity contribution is 5.85. The third-order valence-electron chi connectivity index (χ3n) is 3.26. The predicted octanol–water partition coefficient (Wildman–Crippen LogP) is 3.11. The molecule has 0 saturated heterocycles. The minimum atomic E-state index is -0.893. The summed E-state index contributed by atoms with van der Waals surface area (Å²) in [5.41, 5.74) is 0.303. The van der Waals surface area contributed by atoms with Crippen molar-refractivity contribution in [3.63, 3.8) is 0 Å². The highest BCUT2D eigenvalue weighted by atomic mass is 16.4. The summed E-state index contributed by atoms with van der Waals surface area (Å²) in [7, 11) is 0. The van der Waals surface area contributed by atoms with Crippen LogP contribution >= 0.6 is 0 Å². The van der Waals surface area contributed by atoms with Gasteiger partial charge in [0.15, 0.2) is 0 Å². The summed E-state index contributed by atoms with van der Waals surface area (Å²) in [6.45, 7) is 6.97. The molecule has 0 saturated carbocycles. The minimum Gasteiger partial charge on any atom is -0.477 e. The lowest BCUT2D eigenvalue weighted by atomic mass is 9.99. The van der Waals surface area contributed by atoms with E-state index in [2.05, 4.69) is 18.8 Å². The lowest BCUT2D eigenvalue weighted by Gasteiger charge is -2.17. The van der Waals surface area contributed by atoms with Gasteiger partial charge in [0.1, 0.15) is 11.5 Å². The molecule has 1 unspecified atom stereocenters. The van der Waals surface area contributed by atoms with Crippen LogP contribution in [0.1, 0.15) is 55.8 Å². The molecule has 1 aromatic heterocycles. The fourth-order valence-electron chi connectivity index (χ4n) is 2.04. The number of aryl methyl sites for hydroxylation is 1. The summed E-state index contributed by atoms with van der Waals surface area (Å²) in [6.07, 6.45) is 6.07. The van der Waals surface area contributed by atoms with Crippen molar-refractivity contribution >= 4 is 5.97 Å². The number of nitrogens with zero attached hydrogens (tertiary/aromatic N) is 2. The van der Waals surface area contributed by atoms with Gasteiger partial charge in [0.2, 0.25) is 0 Å². The Hall–Kier alpha value is -1.32. The van der Waals surface area contributed by atoms with Gasteiger partial charge in [-0.05, 0) is 19.3 Å². The van der Waals surface area contributed by atoms with Crippen LogP contribution < -0.4 is 0 Å². The molecule has 17 heavy (non-hydrogen) atoms. The maximum Gasteiger partial charge on any atom is 0.354 e. The largest absolute Gasteiger partial charge is 0.477 e. The van der Waals surface area contributed by atoms with Crippen LogP contribution in [0.15, 0.2) is 6.20 Å². The first-order chi connectivity index (χ1) is 8.10. The van der Waals surface area contributed by atoms with E-state index < -0.39 is 5.97 Å². The second-order valence-electron chi connectivity index (χ2n) is 4.52. The maximum absolute atomic E-state index is 11.1. The van der Waals surface area contributed by atoms with E-state index in [0.29, 0.717) is 11.6 Å². The number of carbonyl (C=O) groups is 1. The molecule has 0 aliphatic heterocycles. The molecule has 0 aliphatic carbocycles. The van der Waals surface area contributed by atoms with E-state index in [-0.39, 0.29) is 0 Å². The zero-order valence-corrected chi connectivity index (χ0v) is 10.9. The number of rotatable bonds is 7. The van der Waals surface area contributed by atoms with Crippen LogP contribution in [0, 0.1) is 12.8 Å². The number of hydrogen-bond donors (Lipinski definition) is 1. The number of carboxylic acids is 1. The fourth-order valence-corrected chi connectivity index (χ4v) is 2.04. The average molecular weight is 238 g/mol. The molecule has 0 fully saturated rings. The maximum atomic E-state index is 11.1. The average Bonchev–Trinajstić information content (AvgIpc) is 2.66. The van der Waals surface area contributed by atoms with E-state index in [0.717, 1.165) is 25.2 Å². The van der Waals surface area contributed by atoms with Gasteiger partial charge in [0.25, 0.3) is 0 Å². The van der Waals surface area contributed by atoms with Crippen LogP contribution in [-0.2, 0) is 6.54 Å². The lowest BCUT2D eigenvalue weighted by Crippen LogP contribution is -2.16. The van der Waals surface area contributed by atoms with Crippen molar-refractivity contribution in [2.45, 2.75) is 53.0 Å². The minimum absolute atomic E-state index is 0.303. The van der Waals surface area contributed by atoms with Gasteiger partial charge in [-0.15, -0.1) is 0 Å². The van der Waals surface area contributed by atoms with E-state index in [9.17, 15) is 4.79 Å². The van der Waals surface area contributed by atoms with E-state index in [1.807, 2.05) is 11.5 Å². The lowest BCUT2D eigenvalue weighted by molar-refractivity contribution is 0.0683. The fraction of sp³-hybridized carbons (Fsp3) is 0.692. The smallest absolute Gasteiger partial charge is 0.354 e. The highest BCUT2D eigenvalue weighted by Crippen LogP contribution is 2.17. The van der Waals surface area contributed by atoms with E-state index >= 15 is 0 Å². The molecular weight excluding hydrogens is 216 g/mol. The summed E-state index contributed by atoms with van der Waals surface area (Å²) < 4.78 is 1.83. The Morgan fingerprint density at radius 1 is 1.53 bits per heavy atom. The van der Waals surface area contributed by atoms with Crippen LogP contribution in [0.25, 0.3) is 0 Å². The number of aromatic nitrogens is 2. The Labute approximate surface area is 103 Å². The van der Waals surface area contributed by atoms with E-state index in [4.69, 9.17) is 5.11 Å². The van der Waals surface area contributed by atoms with Crippen LogP contribution in [-0.4, -0.2) is 20.6 Å². The molecule has 1 rings (SSSR count). The second kappa shape index (κ2) is 6.42. The van der Waals surface area contributed by atoms with Gasteiger partial charge in [0, 0.05) is 6.54 Å². The SMILES string of the molecule is CCCCC(CC)Cn1c(C(=O)O)cnc1C. The second-order valence-corrected chi connectivity index (χ2v) is 4.52. The van der Waals surface area contributed by atoms with Gasteiger partial charge in [-0.3, -0.25) is 0 Å². The first-order valence-electron chi connectivity index (χ1n) is 6.35. The molecule has 1 atom stereocenters. The quantitative estimate of drug-likeness (QED) is 0.794. The van der Waals surface area contributed by atoms with Gasteiger partial charge in [0.05, 0.1) is 6.20 Å². The molecule has 96 valence electrons. The molecule has 0 aliphatic rings. The topological polar surface area (TPSA) is 55.1 Å². The Morgan fingerprint density at radius 2 is 2.24 bits per heavy atom. The van der Waals surface area contributed by atoms with Crippen LogP contribution in [0.4, 0.5) is 0 Å². The van der Waals surface area contributed by atoms with Crippen molar-refractivity contribution in [3.05, 3.63) is 17.7 Å². The number of unbranched alkanes of at least 4 members (excludes halogenated alkanes) is 1. The highest BCUT2D eigenvalue weighted by Gasteiger charge is 2.16. The molecule has 0 amide bonds. The molecule has 1 heterocycles. The molecule has 4 nitrogen and oxygen atoms in total. The van der Waals surface area contributed by atoms with Crippen molar-refractivity contribution in [3.8, 4) is 0 Å². The van der Waals surface area contributed by atoms with E-state index in [1.54, 1.807) is 0 Å². The zero-order chi connectivity index (χ0) is 12.8. The first-order valence-corrected chi connectivity index (χ1v) is 6.35. The third kappa shape index (κ3) is 3.58. The Balaban J connectivity index is 2.77. The number of carboxylic acid groups (broad SMARTS) is 1. The summed E-state index contributed by atoms with van der Waals surface area (Å²) in [6, 6.07) is 0. The Morgan fingerprint density at radius 3 is 2.76 bits per heavy atom. The molecular formula is C13H22N2O2. The number of aromatic carboxylic acids is 1. The molecule has 0 aromatic carbocycles. The Bertz CT molecular complexity index is 371. The van der Waals surface area contributed by atoms with Crippen LogP contribution in [0.3, 0.4) is 0 Å². The van der Waals surface area contributed by atoms with Crippen molar-refractivity contribution in [1.82, 2.24) is 9.55 Å². The normalized spacial score (nSPS) is 12.6. The third-order valence-corrected chi connectivity index (χ3v) is 3.26.